The molecule has 0 heterocycles. The van der Waals surface area contributed by atoms with E-state index in [-0.39, 0.29) is 0 Å². The van der Waals surface area contributed by atoms with Crippen LogP contribution in [0.15, 0.2) is 0 Å². The summed E-state index contributed by atoms with van der Waals surface area (Å²) in [7, 11) is 2.46. The maximum Gasteiger partial charge on any atom is 0.508 e. The van der Waals surface area contributed by atoms with Crippen LogP contribution in [-0.2, 0) is 18.9 Å². The van der Waals surface area contributed by atoms with E-state index in [1.165, 1.54) is 14.2 Å². The van der Waals surface area contributed by atoms with Crippen molar-refractivity contribution in [1.29, 1.82) is 0 Å². The second-order valence-corrected chi connectivity index (χ2v) is 3.15. The quantitative estimate of drug-likeness (QED) is 0.653. The first-order valence-electron chi connectivity index (χ1n) is 4.66. The van der Waals surface area contributed by atoms with Crippen LogP contribution in [0.5, 0.6) is 0 Å². The maximum atomic E-state index is 10.9. The molecule has 1 rings (SSSR count). The van der Waals surface area contributed by atoms with Gasteiger partial charge in [0.2, 0.25) is 0 Å². The Morgan fingerprint density at radius 1 is 0.933 bits per heavy atom. The van der Waals surface area contributed by atoms with Gasteiger partial charge in [-0.15, -0.1) is 0 Å². The van der Waals surface area contributed by atoms with Crippen LogP contribution in [0, 0.1) is 0 Å². The van der Waals surface area contributed by atoms with E-state index in [2.05, 4.69) is 9.47 Å². The van der Waals surface area contributed by atoms with Crippen molar-refractivity contribution in [2.45, 2.75) is 31.5 Å². The minimum Gasteiger partial charge on any atom is -0.438 e. The predicted molar refractivity (Wildman–Crippen MR) is 48.4 cm³/mol. The zero-order valence-corrected chi connectivity index (χ0v) is 8.73. The fourth-order valence-electron chi connectivity index (χ4n) is 1.51. The lowest BCUT2D eigenvalue weighted by Crippen LogP contribution is -2.30. The molecule has 0 N–H and O–H groups in total. The Morgan fingerprint density at radius 2 is 1.33 bits per heavy atom. The molecule has 1 saturated carbocycles. The van der Waals surface area contributed by atoms with Crippen molar-refractivity contribution in [3.63, 3.8) is 0 Å². The normalized spacial score (nSPS) is 24.4. The highest BCUT2D eigenvalue weighted by Gasteiger charge is 2.34. The molecule has 2 atom stereocenters. The summed E-state index contributed by atoms with van der Waals surface area (Å²) in [6.07, 6.45) is -0.231. The van der Waals surface area contributed by atoms with E-state index >= 15 is 0 Å². The van der Waals surface area contributed by atoms with Crippen LogP contribution in [0.2, 0.25) is 0 Å². The first-order valence-corrected chi connectivity index (χ1v) is 4.66. The highest BCUT2D eigenvalue weighted by Crippen LogP contribution is 2.25. The molecule has 0 aromatic heterocycles. The molecule has 6 heteroatoms. The Hall–Kier alpha value is -1.46. The molecule has 0 saturated heterocycles. The molecule has 86 valence electrons. The highest BCUT2D eigenvalue weighted by atomic mass is 16.8. The van der Waals surface area contributed by atoms with Gasteiger partial charge in [-0.3, -0.25) is 0 Å². The number of hydrogen-bond acceptors (Lipinski definition) is 6. The lowest BCUT2D eigenvalue weighted by molar-refractivity contribution is -0.0347. The average molecular weight is 218 g/mol. The molecule has 0 aliphatic heterocycles. The van der Waals surface area contributed by atoms with Crippen molar-refractivity contribution < 1.29 is 28.5 Å². The van der Waals surface area contributed by atoms with Gasteiger partial charge in [-0.2, -0.15) is 0 Å². The Labute approximate surface area is 87.4 Å². The first-order chi connectivity index (χ1) is 7.17. The van der Waals surface area contributed by atoms with Crippen LogP contribution < -0.4 is 0 Å². The third-order valence-electron chi connectivity index (χ3n) is 2.22. The summed E-state index contributed by atoms with van der Waals surface area (Å²) >= 11 is 0. The number of hydrogen-bond donors (Lipinski definition) is 0. The van der Waals surface area contributed by atoms with Gasteiger partial charge in [0.25, 0.3) is 0 Å². The third kappa shape index (κ3) is 3.30. The number of ether oxygens (including phenoxy) is 4. The highest BCUT2D eigenvalue weighted by molar-refractivity contribution is 5.61. The van der Waals surface area contributed by atoms with Crippen molar-refractivity contribution in [1.82, 2.24) is 0 Å². The van der Waals surface area contributed by atoms with E-state index in [0.29, 0.717) is 12.8 Å². The fraction of sp³-hybridized carbons (Fsp3) is 0.778. The predicted octanol–water partition coefficient (Wildman–Crippen LogP) is 1.47. The van der Waals surface area contributed by atoms with Gasteiger partial charge in [0.15, 0.2) is 0 Å². The zero-order valence-electron chi connectivity index (χ0n) is 8.73. The molecular formula is C9H14O6. The van der Waals surface area contributed by atoms with Crippen molar-refractivity contribution in [3.8, 4) is 0 Å². The number of carbonyl (C=O) groups is 2. The van der Waals surface area contributed by atoms with Crippen LogP contribution in [0.25, 0.3) is 0 Å². The van der Waals surface area contributed by atoms with Gasteiger partial charge >= 0.3 is 12.3 Å². The van der Waals surface area contributed by atoms with Crippen LogP contribution in [-0.4, -0.2) is 38.7 Å². The second-order valence-electron chi connectivity index (χ2n) is 3.15. The van der Waals surface area contributed by atoms with E-state index < -0.39 is 24.5 Å². The topological polar surface area (TPSA) is 71.1 Å². The Bertz CT molecular complexity index is 215. The van der Waals surface area contributed by atoms with Gasteiger partial charge in [0.05, 0.1) is 14.2 Å². The van der Waals surface area contributed by atoms with E-state index in [4.69, 9.17) is 9.47 Å². The number of methoxy groups -OCH3 is 2. The molecule has 1 aliphatic rings. The fourth-order valence-corrected chi connectivity index (χ4v) is 1.51. The summed E-state index contributed by atoms with van der Waals surface area (Å²) in [5.74, 6) is 0. The lowest BCUT2D eigenvalue weighted by Gasteiger charge is -2.18. The summed E-state index contributed by atoms with van der Waals surface area (Å²) in [6.45, 7) is 0. The van der Waals surface area contributed by atoms with E-state index in [1.54, 1.807) is 0 Å². The zero-order chi connectivity index (χ0) is 11.3. The lowest BCUT2D eigenvalue weighted by atomic mass is 10.2. The first kappa shape index (κ1) is 11.6. The maximum absolute atomic E-state index is 10.9. The van der Waals surface area contributed by atoms with E-state index in [0.717, 1.165) is 6.42 Å². The standard InChI is InChI=1S/C9H14O6/c1-12-8(10)14-6-4-3-5-7(6)15-9(11)13-2/h6-7H,3-5H2,1-2H3/t6-,7-/m1/s1. The molecule has 6 nitrogen and oxygen atoms in total. The molecule has 0 spiro atoms. The number of rotatable bonds is 2. The summed E-state index contributed by atoms with van der Waals surface area (Å²) in [4.78, 5) is 21.7. The van der Waals surface area contributed by atoms with Crippen LogP contribution in [0.1, 0.15) is 19.3 Å². The largest absolute Gasteiger partial charge is 0.508 e. The molecular weight excluding hydrogens is 204 g/mol. The van der Waals surface area contributed by atoms with Crippen molar-refractivity contribution in [2.24, 2.45) is 0 Å². The molecule has 15 heavy (non-hydrogen) atoms. The van der Waals surface area contributed by atoms with Crippen LogP contribution >= 0.6 is 0 Å². The molecule has 0 aromatic carbocycles. The van der Waals surface area contributed by atoms with Gasteiger partial charge in [0.1, 0.15) is 12.2 Å². The summed E-state index contributed by atoms with van der Waals surface area (Å²) in [5.41, 5.74) is 0. The smallest absolute Gasteiger partial charge is 0.438 e. The van der Waals surface area contributed by atoms with Gasteiger partial charge in [-0.1, -0.05) is 0 Å². The van der Waals surface area contributed by atoms with Crippen molar-refractivity contribution in [3.05, 3.63) is 0 Å². The second kappa shape index (κ2) is 5.43. The number of carbonyl (C=O) groups excluding carboxylic acids is 2. The molecule has 0 aromatic rings. The summed E-state index contributed by atoms with van der Waals surface area (Å²) < 4.78 is 18.6. The van der Waals surface area contributed by atoms with Gasteiger partial charge in [-0.05, 0) is 19.3 Å². The van der Waals surface area contributed by atoms with Crippen LogP contribution in [0.4, 0.5) is 9.59 Å². The van der Waals surface area contributed by atoms with Crippen molar-refractivity contribution >= 4 is 12.3 Å². The van der Waals surface area contributed by atoms with E-state index in [9.17, 15) is 9.59 Å². The minimum absolute atomic E-state index is 0.434. The molecule has 0 bridgehead atoms. The molecule has 0 unspecified atom stereocenters. The third-order valence-corrected chi connectivity index (χ3v) is 2.22. The SMILES string of the molecule is COC(=O)O[C@@H]1CCC[C@H]1OC(=O)OC. The van der Waals surface area contributed by atoms with Gasteiger partial charge < -0.3 is 18.9 Å². The Balaban J connectivity index is 2.42. The Kier molecular flexibility index (Phi) is 4.20. The average Bonchev–Trinajstić information content (AvgIpc) is 2.65. The summed E-state index contributed by atoms with van der Waals surface area (Å²) in [6, 6.07) is 0. The minimum atomic E-state index is -0.764. The molecule has 1 aliphatic carbocycles. The van der Waals surface area contributed by atoms with Gasteiger partial charge in [-0.25, -0.2) is 9.59 Å². The van der Waals surface area contributed by atoms with E-state index in [1.807, 2.05) is 0 Å². The Morgan fingerprint density at radius 3 is 1.67 bits per heavy atom. The molecule has 1 fully saturated rings. The monoisotopic (exact) mass is 218 g/mol. The van der Waals surface area contributed by atoms with Crippen molar-refractivity contribution in [2.75, 3.05) is 14.2 Å². The molecule has 0 radical (unpaired) electrons. The van der Waals surface area contributed by atoms with Gasteiger partial charge in [0, 0.05) is 0 Å². The van der Waals surface area contributed by atoms with Crippen LogP contribution in [0.3, 0.4) is 0 Å². The molecule has 0 amide bonds. The summed E-state index contributed by atoms with van der Waals surface area (Å²) in [5, 5.41) is 0.